The lowest BCUT2D eigenvalue weighted by Gasteiger charge is -2.35. The molecular weight excluding hydrogens is 370 g/mol. The highest BCUT2D eigenvalue weighted by Crippen LogP contribution is 2.25. The van der Waals surface area contributed by atoms with Gasteiger partial charge in [0.2, 0.25) is 5.95 Å². The number of benzene rings is 2. The molecule has 1 N–H and O–H groups in total. The Hall–Kier alpha value is -2.63. The van der Waals surface area contributed by atoms with Gasteiger partial charge >= 0.3 is 0 Å². The van der Waals surface area contributed by atoms with Gasteiger partial charge in [-0.1, -0.05) is 54.1 Å². The maximum atomic E-state index is 6.25. The highest BCUT2D eigenvalue weighted by Gasteiger charge is 2.19. The molecule has 2 aromatic carbocycles. The molecule has 3 aromatic rings. The van der Waals surface area contributed by atoms with Crippen LogP contribution in [0.15, 0.2) is 60.7 Å². The van der Waals surface area contributed by atoms with Crippen molar-refractivity contribution in [2.24, 2.45) is 0 Å². The van der Waals surface area contributed by atoms with Crippen molar-refractivity contribution in [3.8, 4) is 0 Å². The SMILES string of the molecule is Cc1cc(N2CCN(Cc3ccccc3)CC2)nc(Nc2ccccc2Cl)n1. The third-order valence-electron chi connectivity index (χ3n) is 4.91. The van der Waals surface area contributed by atoms with Gasteiger partial charge in [-0.15, -0.1) is 0 Å². The molecule has 2 heterocycles. The third-order valence-corrected chi connectivity index (χ3v) is 5.24. The van der Waals surface area contributed by atoms with Gasteiger partial charge in [-0.05, 0) is 24.6 Å². The number of hydrogen-bond acceptors (Lipinski definition) is 5. The summed E-state index contributed by atoms with van der Waals surface area (Å²) in [5.41, 5.74) is 3.11. The van der Waals surface area contributed by atoms with Crippen LogP contribution in [0, 0.1) is 6.92 Å². The lowest BCUT2D eigenvalue weighted by atomic mass is 10.2. The van der Waals surface area contributed by atoms with Crippen molar-refractivity contribution in [1.82, 2.24) is 14.9 Å². The zero-order valence-corrected chi connectivity index (χ0v) is 16.7. The molecule has 28 heavy (non-hydrogen) atoms. The number of para-hydroxylation sites is 1. The summed E-state index contributed by atoms with van der Waals surface area (Å²) in [6.45, 7) is 6.94. The zero-order chi connectivity index (χ0) is 19.3. The van der Waals surface area contributed by atoms with Gasteiger partial charge in [0.25, 0.3) is 0 Å². The Morgan fingerprint density at radius 3 is 2.39 bits per heavy atom. The summed E-state index contributed by atoms with van der Waals surface area (Å²) in [5.74, 6) is 1.54. The average Bonchev–Trinajstić information content (AvgIpc) is 2.71. The van der Waals surface area contributed by atoms with Crippen molar-refractivity contribution < 1.29 is 0 Å². The minimum absolute atomic E-state index is 0.579. The van der Waals surface area contributed by atoms with E-state index in [2.05, 4.69) is 50.4 Å². The van der Waals surface area contributed by atoms with Crippen molar-refractivity contribution in [1.29, 1.82) is 0 Å². The van der Waals surface area contributed by atoms with Crippen molar-refractivity contribution in [2.45, 2.75) is 13.5 Å². The Kier molecular flexibility index (Phi) is 5.74. The van der Waals surface area contributed by atoms with Crippen molar-refractivity contribution in [3.63, 3.8) is 0 Å². The fourth-order valence-electron chi connectivity index (χ4n) is 3.43. The van der Waals surface area contributed by atoms with Gasteiger partial charge in [-0.2, -0.15) is 4.98 Å². The topological polar surface area (TPSA) is 44.3 Å². The molecule has 1 aliphatic heterocycles. The first kappa shape index (κ1) is 18.7. The summed E-state index contributed by atoms with van der Waals surface area (Å²) < 4.78 is 0. The van der Waals surface area contributed by atoms with Crippen molar-refractivity contribution in [3.05, 3.63) is 76.9 Å². The van der Waals surface area contributed by atoms with Crippen molar-refractivity contribution in [2.75, 3.05) is 36.4 Å². The zero-order valence-electron chi connectivity index (χ0n) is 16.0. The number of aryl methyl sites for hydroxylation is 1. The Balaban J connectivity index is 1.42. The van der Waals surface area contributed by atoms with Gasteiger partial charge in [0.05, 0.1) is 10.7 Å². The molecule has 1 fully saturated rings. The van der Waals surface area contributed by atoms with E-state index in [-0.39, 0.29) is 0 Å². The van der Waals surface area contributed by atoms with Crippen LogP contribution in [0.4, 0.5) is 17.5 Å². The van der Waals surface area contributed by atoms with Gasteiger partial charge in [0, 0.05) is 44.5 Å². The van der Waals surface area contributed by atoms with Crippen LogP contribution < -0.4 is 10.2 Å². The predicted molar refractivity (Wildman–Crippen MR) is 115 cm³/mol. The number of anilines is 3. The fraction of sp³-hybridized carbons (Fsp3) is 0.273. The highest BCUT2D eigenvalue weighted by atomic mass is 35.5. The van der Waals surface area contributed by atoms with Gasteiger partial charge in [0.1, 0.15) is 5.82 Å². The molecule has 1 aliphatic rings. The molecule has 0 atom stereocenters. The van der Waals surface area contributed by atoms with E-state index in [1.54, 1.807) is 0 Å². The quantitative estimate of drug-likeness (QED) is 0.691. The summed E-state index contributed by atoms with van der Waals surface area (Å²) in [6, 6.07) is 20.3. The average molecular weight is 394 g/mol. The summed E-state index contributed by atoms with van der Waals surface area (Å²) in [5, 5.41) is 3.90. The normalized spacial score (nSPS) is 14.9. The second-order valence-electron chi connectivity index (χ2n) is 7.04. The van der Waals surface area contributed by atoms with Crippen LogP contribution in [0.2, 0.25) is 5.02 Å². The Morgan fingerprint density at radius 1 is 0.929 bits per heavy atom. The number of halogens is 1. The molecule has 0 unspecified atom stereocenters. The van der Waals surface area contributed by atoms with Gasteiger partial charge in [0.15, 0.2) is 0 Å². The molecule has 5 nitrogen and oxygen atoms in total. The molecule has 0 radical (unpaired) electrons. The van der Waals surface area contributed by atoms with Crippen LogP contribution >= 0.6 is 11.6 Å². The minimum atomic E-state index is 0.579. The molecule has 144 valence electrons. The second kappa shape index (κ2) is 8.59. The Labute approximate surface area is 171 Å². The molecule has 0 aliphatic carbocycles. The maximum absolute atomic E-state index is 6.25. The Bertz CT molecular complexity index is 923. The number of aromatic nitrogens is 2. The molecule has 0 amide bonds. The minimum Gasteiger partial charge on any atom is -0.354 e. The van der Waals surface area contributed by atoms with E-state index in [9.17, 15) is 0 Å². The largest absolute Gasteiger partial charge is 0.354 e. The first-order valence-corrected chi connectivity index (χ1v) is 9.94. The monoisotopic (exact) mass is 393 g/mol. The standard InChI is InChI=1S/C22H24ClN5/c1-17-15-21(26-22(24-17)25-20-10-6-5-9-19(20)23)28-13-11-27(12-14-28)16-18-7-3-2-4-8-18/h2-10,15H,11-14,16H2,1H3,(H,24,25,26). The summed E-state index contributed by atoms with van der Waals surface area (Å²) in [7, 11) is 0. The smallest absolute Gasteiger partial charge is 0.229 e. The van der Waals surface area contributed by atoms with E-state index in [0.717, 1.165) is 49.9 Å². The van der Waals surface area contributed by atoms with Crippen LogP contribution in [-0.2, 0) is 6.54 Å². The molecule has 0 spiro atoms. The summed E-state index contributed by atoms with van der Waals surface area (Å²) >= 11 is 6.25. The van der Waals surface area contributed by atoms with Crippen LogP contribution in [0.1, 0.15) is 11.3 Å². The first-order valence-electron chi connectivity index (χ1n) is 9.56. The molecule has 1 aromatic heterocycles. The van der Waals surface area contributed by atoms with Gasteiger partial charge < -0.3 is 10.2 Å². The van der Waals surface area contributed by atoms with E-state index < -0.39 is 0 Å². The number of hydrogen-bond donors (Lipinski definition) is 1. The molecule has 6 heteroatoms. The number of piperazine rings is 1. The van der Waals surface area contributed by atoms with Crippen molar-refractivity contribution >= 4 is 29.1 Å². The van der Waals surface area contributed by atoms with E-state index in [1.807, 2.05) is 37.3 Å². The van der Waals surface area contributed by atoms with Crippen LogP contribution in [-0.4, -0.2) is 41.0 Å². The fourth-order valence-corrected chi connectivity index (χ4v) is 3.61. The van der Waals surface area contributed by atoms with E-state index in [1.165, 1.54) is 5.56 Å². The van der Waals surface area contributed by atoms with E-state index >= 15 is 0 Å². The molecule has 0 saturated carbocycles. The van der Waals surface area contributed by atoms with Crippen LogP contribution in [0.25, 0.3) is 0 Å². The van der Waals surface area contributed by atoms with Crippen LogP contribution in [0.3, 0.4) is 0 Å². The molecular formula is C22H24ClN5. The molecule has 1 saturated heterocycles. The molecule has 0 bridgehead atoms. The predicted octanol–water partition coefficient (Wildman–Crippen LogP) is 4.50. The first-order chi connectivity index (χ1) is 13.7. The van der Waals surface area contributed by atoms with E-state index in [4.69, 9.17) is 16.6 Å². The van der Waals surface area contributed by atoms with Gasteiger partial charge in [-0.25, -0.2) is 4.98 Å². The Morgan fingerprint density at radius 2 is 1.64 bits per heavy atom. The second-order valence-corrected chi connectivity index (χ2v) is 7.45. The highest BCUT2D eigenvalue weighted by molar-refractivity contribution is 6.33. The van der Waals surface area contributed by atoms with Gasteiger partial charge in [-0.3, -0.25) is 4.90 Å². The number of nitrogens with one attached hydrogen (secondary N) is 1. The number of nitrogens with zero attached hydrogens (tertiary/aromatic N) is 4. The third kappa shape index (κ3) is 4.61. The molecule has 4 rings (SSSR count). The van der Waals surface area contributed by atoms with Crippen LogP contribution in [0.5, 0.6) is 0 Å². The maximum Gasteiger partial charge on any atom is 0.229 e. The number of rotatable bonds is 5. The van der Waals surface area contributed by atoms with E-state index in [0.29, 0.717) is 11.0 Å². The summed E-state index contributed by atoms with van der Waals surface area (Å²) in [6.07, 6.45) is 0. The lowest BCUT2D eigenvalue weighted by Crippen LogP contribution is -2.46. The lowest BCUT2D eigenvalue weighted by molar-refractivity contribution is 0.249. The summed E-state index contributed by atoms with van der Waals surface area (Å²) in [4.78, 5) is 14.1.